The number of hydrogen-bond donors (Lipinski definition) is 0. The molecular formula is C53H36N2. The van der Waals surface area contributed by atoms with E-state index in [4.69, 9.17) is 0 Å². The lowest BCUT2D eigenvalue weighted by atomic mass is 9.67. The molecule has 55 heavy (non-hydrogen) atoms. The highest BCUT2D eigenvalue weighted by molar-refractivity contribution is 6.10. The summed E-state index contributed by atoms with van der Waals surface area (Å²) < 4.78 is 4.61. The van der Waals surface area contributed by atoms with Gasteiger partial charge in [-0.05, 0) is 80.9 Å². The minimum atomic E-state index is -0.461. The molecule has 0 radical (unpaired) electrons. The highest BCUT2D eigenvalue weighted by Gasteiger charge is 2.45. The molecule has 11 rings (SSSR count). The first-order valence-corrected chi connectivity index (χ1v) is 19.0. The monoisotopic (exact) mass is 700 g/mol. The number of fused-ring (bicyclic) bond motifs is 9. The molecule has 0 saturated carbocycles. The second-order valence-electron chi connectivity index (χ2n) is 14.5. The normalized spacial score (nSPS) is 13.5. The van der Waals surface area contributed by atoms with Gasteiger partial charge in [0, 0.05) is 33.9 Å². The van der Waals surface area contributed by atoms with Crippen LogP contribution in [0, 0.1) is 0 Å². The van der Waals surface area contributed by atoms with Gasteiger partial charge in [0.05, 0.1) is 27.5 Å². The van der Waals surface area contributed by atoms with E-state index in [1.165, 1.54) is 77.0 Å². The molecule has 0 unspecified atom stereocenters. The van der Waals surface area contributed by atoms with Crippen LogP contribution < -0.4 is 0 Å². The Morgan fingerprint density at radius 1 is 0.309 bits per heavy atom. The Balaban J connectivity index is 1.01. The van der Waals surface area contributed by atoms with E-state index in [0.29, 0.717) is 0 Å². The first kappa shape index (κ1) is 31.4. The van der Waals surface area contributed by atoms with Crippen LogP contribution in [-0.2, 0) is 5.41 Å². The summed E-state index contributed by atoms with van der Waals surface area (Å²) in [6.07, 6.45) is 8.87. The Labute approximate surface area is 320 Å². The Morgan fingerprint density at radius 3 is 0.982 bits per heavy atom. The van der Waals surface area contributed by atoms with Gasteiger partial charge in [0.25, 0.3) is 0 Å². The van der Waals surface area contributed by atoms with Crippen LogP contribution in [0.5, 0.6) is 0 Å². The van der Waals surface area contributed by atoms with Crippen molar-refractivity contribution in [2.24, 2.45) is 0 Å². The van der Waals surface area contributed by atoms with Crippen LogP contribution in [0.25, 0.3) is 79.3 Å². The third-order valence-electron chi connectivity index (χ3n) is 11.7. The van der Waals surface area contributed by atoms with Gasteiger partial charge in [0.15, 0.2) is 0 Å². The lowest BCUT2D eigenvalue weighted by Crippen LogP contribution is -2.28. The molecule has 2 aromatic heterocycles. The average molecular weight is 701 g/mol. The molecule has 0 aliphatic heterocycles. The van der Waals surface area contributed by atoms with Crippen LogP contribution in [-0.4, -0.2) is 9.13 Å². The quantitative estimate of drug-likeness (QED) is 0.163. The van der Waals surface area contributed by atoms with Crippen molar-refractivity contribution in [3.8, 4) is 11.1 Å². The summed E-state index contributed by atoms with van der Waals surface area (Å²) in [5.74, 6) is 0. The molecule has 0 spiro atoms. The molecule has 2 heteroatoms. The molecule has 0 fully saturated rings. The van der Waals surface area contributed by atoms with Crippen molar-refractivity contribution in [2.45, 2.75) is 5.41 Å². The smallest absolute Gasteiger partial charge is 0.0713 e. The van der Waals surface area contributed by atoms with Gasteiger partial charge in [-0.2, -0.15) is 0 Å². The van der Waals surface area contributed by atoms with Crippen LogP contribution in [0.15, 0.2) is 194 Å². The number of nitrogens with zero attached hydrogens (tertiary/aromatic N) is 2. The van der Waals surface area contributed by atoms with Crippen LogP contribution in [0.2, 0.25) is 0 Å². The van der Waals surface area contributed by atoms with E-state index < -0.39 is 5.41 Å². The number of para-hydroxylation sites is 4. The Hall–Kier alpha value is -7.16. The van der Waals surface area contributed by atoms with Gasteiger partial charge in [-0.3, -0.25) is 0 Å². The van der Waals surface area contributed by atoms with Crippen LogP contribution >= 0.6 is 0 Å². The maximum absolute atomic E-state index is 2.33. The van der Waals surface area contributed by atoms with Crippen molar-refractivity contribution in [3.05, 3.63) is 228 Å². The second kappa shape index (κ2) is 12.5. The fourth-order valence-electron chi connectivity index (χ4n) is 9.26. The summed E-state index contributed by atoms with van der Waals surface area (Å²) in [5.41, 5.74) is 14.4. The molecule has 2 heterocycles. The lowest BCUT2D eigenvalue weighted by molar-refractivity contribution is 0.768. The minimum absolute atomic E-state index is 0.461. The summed E-state index contributed by atoms with van der Waals surface area (Å²) in [6, 6.07) is 70.9. The highest BCUT2D eigenvalue weighted by atomic mass is 15.0. The van der Waals surface area contributed by atoms with Crippen molar-refractivity contribution in [2.75, 3.05) is 0 Å². The van der Waals surface area contributed by atoms with Gasteiger partial charge in [0.2, 0.25) is 0 Å². The van der Waals surface area contributed by atoms with E-state index in [-0.39, 0.29) is 0 Å². The fourth-order valence-corrected chi connectivity index (χ4v) is 9.26. The summed E-state index contributed by atoms with van der Waals surface area (Å²) >= 11 is 0. The molecule has 258 valence electrons. The van der Waals surface area contributed by atoms with Crippen LogP contribution in [0.4, 0.5) is 0 Å². The van der Waals surface area contributed by atoms with Crippen LogP contribution in [0.1, 0.15) is 33.4 Å². The first-order chi connectivity index (χ1) is 27.3. The number of rotatable bonds is 6. The summed E-state index contributed by atoms with van der Waals surface area (Å²) in [4.78, 5) is 0. The SMILES string of the molecule is C(=C\n1c2ccccc2c2ccccc21)/c1ccc(C2(c3ccc(/C=C/n4c5ccccc5c5ccccc54)cc3)c3ccccc3-c3ccccc32)cc1. The largest absolute Gasteiger partial charge is 0.316 e. The standard InChI is InChI=1S/C53H36N2/c1-7-19-47-41(13-1)42-14-2-8-20-48(42)53(47,39-29-25-37(26-30-39)33-35-54-49-21-9-3-15-43(49)44-16-4-10-22-50(44)54)40-31-27-38(28-32-40)34-36-55-51-23-11-5-17-45(51)46-18-6-12-24-52(46)55/h1-36H/b35-33+,36-34+. The Morgan fingerprint density at radius 2 is 0.618 bits per heavy atom. The fraction of sp³-hybridized carbons (Fsp3) is 0.0189. The molecule has 1 aliphatic carbocycles. The lowest BCUT2D eigenvalue weighted by Gasteiger charge is -2.34. The number of aromatic nitrogens is 2. The molecule has 10 aromatic rings. The van der Waals surface area contributed by atoms with Gasteiger partial charge >= 0.3 is 0 Å². The van der Waals surface area contributed by atoms with Crippen molar-refractivity contribution < 1.29 is 0 Å². The molecule has 0 N–H and O–H groups in total. The van der Waals surface area contributed by atoms with Gasteiger partial charge < -0.3 is 9.13 Å². The predicted octanol–water partition coefficient (Wildman–Crippen LogP) is 13.5. The van der Waals surface area contributed by atoms with E-state index in [1.807, 2.05) is 0 Å². The molecule has 8 aromatic carbocycles. The summed E-state index contributed by atoms with van der Waals surface area (Å²) in [6.45, 7) is 0. The Kier molecular flexibility index (Phi) is 7.11. The molecule has 0 amide bonds. The van der Waals surface area contributed by atoms with Crippen LogP contribution in [0.3, 0.4) is 0 Å². The average Bonchev–Trinajstić information content (AvgIpc) is 3.87. The summed E-state index contributed by atoms with van der Waals surface area (Å²) in [5, 5.41) is 5.08. The molecule has 0 atom stereocenters. The topological polar surface area (TPSA) is 9.86 Å². The van der Waals surface area contributed by atoms with Gasteiger partial charge in [-0.25, -0.2) is 0 Å². The second-order valence-corrected chi connectivity index (χ2v) is 14.5. The molecule has 2 nitrogen and oxygen atoms in total. The third kappa shape index (κ3) is 4.75. The highest BCUT2D eigenvalue weighted by Crippen LogP contribution is 2.56. The predicted molar refractivity (Wildman–Crippen MR) is 233 cm³/mol. The zero-order chi connectivity index (χ0) is 36.3. The van der Waals surface area contributed by atoms with E-state index in [9.17, 15) is 0 Å². The van der Waals surface area contributed by atoms with E-state index in [1.54, 1.807) is 0 Å². The molecule has 0 bridgehead atoms. The Bertz CT molecular complexity index is 2810. The summed E-state index contributed by atoms with van der Waals surface area (Å²) in [7, 11) is 0. The molecular weight excluding hydrogens is 665 g/mol. The molecule has 1 aliphatic rings. The van der Waals surface area contributed by atoms with Gasteiger partial charge in [0.1, 0.15) is 0 Å². The van der Waals surface area contributed by atoms with Gasteiger partial charge in [-0.15, -0.1) is 0 Å². The molecule has 0 saturated heterocycles. The zero-order valence-corrected chi connectivity index (χ0v) is 30.2. The van der Waals surface area contributed by atoms with E-state index in [0.717, 1.165) is 11.1 Å². The minimum Gasteiger partial charge on any atom is -0.316 e. The first-order valence-electron chi connectivity index (χ1n) is 19.0. The van der Waals surface area contributed by atoms with Crippen molar-refractivity contribution in [3.63, 3.8) is 0 Å². The number of hydrogen-bond acceptors (Lipinski definition) is 0. The number of benzene rings is 8. The maximum Gasteiger partial charge on any atom is 0.0713 e. The van der Waals surface area contributed by atoms with E-state index in [2.05, 4.69) is 228 Å². The van der Waals surface area contributed by atoms with E-state index >= 15 is 0 Å². The van der Waals surface area contributed by atoms with Crippen molar-refractivity contribution >= 4 is 68.2 Å². The maximum atomic E-state index is 2.33. The zero-order valence-electron chi connectivity index (χ0n) is 30.2. The van der Waals surface area contributed by atoms with Crippen molar-refractivity contribution in [1.29, 1.82) is 0 Å². The van der Waals surface area contributed by atoms with Crippen molar-refractivity contribution in [1.82, 2.24) is 9.13 Å². The third-order valence-corrected chi connectivity index (χ3v) is 11.7. The van der Waals surface area contributed by atoms with Gasteiger partial charge in [-0.1, -0.05) is 170 Å².